The Bertz CT molecular complexity index is 644. The molecule has 0 unspecified atom stereocenters. The molecule has 0 aromatic heterocycles. The predicted octanol–water partition coefficient (Wildman–Crippen LogP) is 1.77. The highest BCUT2D eigenvalue weighted by Gasteiger charge is 2.22. The molecule has 8 heteroatoms. The number of carbonyl (C=O) groups is 1. The first kappa shape index (κ1) is 15.4. The van der Waals surface area contributed by atoms with Gasteiger partial charge < -0.3 is 5.32 Å². The summed E-state index contributed by atoms with van der Waals surface area (Å²) in [4.78, 5) is 11.6. The van der Waals surface area contributed by atoms with Crippen LogP contribution in [0.1, 0.15) is 29.6 Å². The fourth-order valence-corrected chi connectivity index (χ4v) is 3.56. The summed E-state index contributed by atoms with van der Waals surface area (Å²) in [6, 6.07) is 1.88. The number of sulfonamides is 1. The molecule has 3 N–H and O–H groups in total. The Kier molecular flexibility index (Phi) is 4.46. The van der Waals surface area contributed by atoms with Crippen molar-refractivity contribution in [1.82, 2.24) is 5.32 Å². The first-order valence-corrected chi connectivity index (χ1v) is 8.43. The Morgan fingerprint density at radius 1 is 1.45 bits per heavy atom. The first-order chi connectivity index (χ1) is 9.29. The molecular formula is C12H14BrFN2O3S. The monoisotopic (exact) mass is 364 g/mol. The van der Waals surface area contributed by atoms with E-state index in [2.05, 4.69) is 21.2 Å². The van der Waals surface area contributed by atoms with Crippen molar-refractivity contribution in [3.8, 4) is 0 Å². The van der Waals surface area contributed by atoms with Crippen LogP contribution in [0.3, 0.4) is 0 Å². The van der Waals surface area contributed by atoms with E-state index in [-0.39, 0.29) is 14.9 Å². The normalized spacial score (nSPS) is 15.8. The minimum absolute atomic E-state index is 0.00644. The van der Waals surface area contributed by atoms with Crippen molar-refractivity contribution in [2.45, 2.75) is 24.2 Å². The van der Waals surface area contributed by atoms with Gasteiger partial charge in [-0.1, -0.05) is 6.42 Å². The molecule has 110 valence electrons. The SMILES string of the molecule is NS(=O)(=O)c1cc(C(=O)NCC2CCC2)c(F)cc1Br. The van der Waals surface area contributed by atoms with E-state index in [0.717, 1.165) is 31.4 Å². The lowest BCUT2D eigenvalue weighted by molar-refractivity contribution is 0.0934. The number of carbonyl (C=O) groups excluding carboxylic acids is 1. The molecule has 20 heavy (non-hydrogen) atoms. The van der Waals surface area contributed by atoms with Crippen LogP contribution in [-0.4, -0.2) is 20.9 Å². The smallest absolute Gasteiger partial charge is 0.254 e. The molecule has 1 aromatic rings. The van der Waals surface area contributed by atoms with Crippen molar-refractivity contribution in [2.75, 3.05) is 6.54 Å². The van der Waals surface area contributed by atoms with Crippen molar-refractivity contribution in [3.05, 3.63) is 28.0 Å². The zero-order valence-corrected chi connectivity index (χ0v) is 12.9. The van der Waals surface area contributed by atoms with Gasteiger partial charge >= 0.3 is 0 Å². The highest BCUT2D eigenvalue weighted by Crippen LogP contribution is 2.26. The van der Waals surface area contributed by atoms with Gasteiger partial charge in [0, 0.05) is 11.0 Å². The van der Waals surface area contributed by atoms with Crippen LogP contribution in [0.25, 0.3) is 0 Å². The molecule has 0 bridgehead atoms. The van der Waals surface area contributed by atoms with Crippen LogP contribution in [-0.2, 0) is 10.0 Å². The number of nitrogens with one attached hydrogen (secondary N) is 1. The Balaban J connectivity index is 2.23. The third-order valence-corrected chi connectivity index (χ3v) is 5.22. The molecule has 2 rings (SSSR count). The third-order valence-electron chi connectivity index (χ3n) is 3.35. The third kappa shape index (κ3) is 3.36. The van der Waals surface area contributed by atoms with Crippen LogP contribution in [0.2, 0.25) is 0 Å². The van der Waals surface area contributed by atoms with Gasteiger partial charge in [0.1, 0.15) is 5.82 Å². The van der Waals surface area contributed by atoms with Crippen LogP contribution in [0, 0.1) is 11.7 Å². The van der Waals surface area contributed by atoms with Crippen LogP contribution in [0.15, 0.2) is 21.5 Å². The Hall–Kier alpha value is -0.990. The number of hydrogen-bond donors (Lipinski definition) is 2. The second-order valence-electron chi connectivity index (χ2n) is 4.81. The average molecular weight is 365 g/mol. The maximum atomic E-state index is 13.8. The number of halogens is 2. The standard InChI is InChI=1S/C12H14BrFN2O3S/c13-9-5-10(14)8(4-11(9)20(15,18)19)12(17)16-6-7-2-1-3-7/h4-5,7H,1-3,6H2,(H,16,17)(H2,15,18,19). The van der Waals surface area contributed by atoms with Crippen LogP contribution >= 0.6 is 15.9 Å². The highest BCUT2D eigenvalue weighted by molar-refractivity contribution is 9.10. The van der Waals surface area contributed by atoms with Gasteiger partial charge in [0.05, 0.1) is 10.5 Å². The van der Waals surface area contributed by atoms with Crippen molar-refractivity contribution in [2.24, 2.45) is 11.1 Å². The quantitative estimate of drug-likeness (QED) is 0.852. The van der Waals surface area contributed by atoms with Crippen molar-refractivity contribution in [1.29, 1.82) is 0 Å². The summed E-state index contributed by atoms with van der Waals surface area (Å²) in [5, 5.41) is 7.63. The van der Waals surface area contributed by atoms with Crippen LogP contribution in [0.5, 0.6) is 0 Å². The topological polar surface area (TPSA) is 89.3 Å². The molecule has 1 aliphatic rings. The molecule has 5 nitrogen and oxygen atoms in total. The van der Waals surface area contributed by atoms with Crippen molar-refractivity contribution in [3.63, 3.8) is 0 Å². The van der Waals surface area contributed by atoms with Crippen molar-refractivity contribution < 1.29 is 17.6 Å². The van der Waals surface area contributed by atoms with Gasteiger partial charge in [0.15, 0.2) is 0 Å². The molecule has 1 aliphatic carbocycles. The second-order valence-corrected chi connectivity index (χ2v) is 7.20. The second kappa shape index (κ2) is 5.79. The largest absolute Gasteiger partial charge is 0.352 e. The average Bonchev–Trinajstić information content (AvgIpc) is 2.24. The van der Waals surface area contributed by atoms with Gasteiger partial charge in [-0.05, 0) is 46.8 Å². The minimum atomic E-state index is -4.02. The van der Waals surface area contributed by atoms with Gasteiger partial charge in [-0.15, -0.1) is 0 Å². The molecule has 0 spiro atoms. The summed E-state index contributed by atoms with van der Waals surface area (Å²) in [5.74, 6) is -1.00. The maximum Gasteiger partial charge on any atom is 0.254 e. The van der Waals surface area contributed by atoms with E-state index in [4.69, 9.17) is 5.14 Å². The van der Waals surface area contributed by atoms with Crippen LogP contribution < -0.4 is 10.5 Å². The van der Waals surface area contributed by atoms with Crippen molar-refractivity contribution >= 4 is 31.9 Å². The molecule has 0 saturated heterocycles. The maximum absolute atomic E-state index is 13.8. The lowest BCUT2D eigenvalue weighted by atomic mass is 9.85. The Labute approximate surface area is 124 Å². The number of hydrogen-bond acceptors (Lipinski definition) is 3. The fraction of sp³-hybridized carbons (Fsp3) is 0.417. The van der Waals surface area contributed by atoms with Crippen LogP contribution in [0.4, 0.5) is 4.39 Å². The van der Waals surface area contributed by atoms with Gasteiger partial charge in [-0.3, -0.25) is 4.79 Å². The van der Waals surface area contributed by atoms with E-state index >= 15 is 0 Å². The zero-order valence-electron chi connectivity index (χ0n) is 10.5. The molecule has 1 aromatic carbocycles. The van der Waals surface area contributed by atoms with Gasteiger partial charge in [-0.2, -0.15) is 0 Å². The number of benzene rings is 1. The van der Waals surface area contributed by atoms with Gasteiger partial charge in [0.2, 0.25) is 10.0 Å². The van der Waals surface area contributed by atoms with E-state index in [9.17, 15) is 17.6 Å². The molecule has 1 amide bonds. The Morgan fingerprint density at radius 2 is 2.10 bits per heavy atom. The number of primary sulfonamides is 1. The zero-order chi connectivity index (χ0) is 14.9. The Morgan fingerprint density at radius 3 is 2.60 bits per heavy atom. The fourth-order valence-electron chi connectivity index (χ4n) is 1.95. The summed E-state index contributed by atoms with van der Waals surface area (Å²) in [5.41, 5.74) is -0.323. The summed E-state index contributed by atoms with van der Waals surface area (Å²) in [6.45, 7) is 0.471. The molecule has 0 radical (unpaired) electrons. The first-order valence-electron chi connectivity index (χ1n) is 6.09. The highest BCUT2D eigenvalue weighted by atomic mass is 79.9. The lowest BCUT2D eigenvalue weighted by Crippen LogP contribution is -2.32. The molecule has 0 aliphatic heterocycles. The molecule has 0 heterocycles. The lowest BCUT2D eigenvalue weighted by Gasteiger charge is -2.25. The summed E-state index contributed by atoms with van der Waals surface area (Å²) >= 11 is 2.92. The van der Waals surface area contributed by atoms with E-state index in [1.165, 1.54) is 0 Å². The summed E-state index contributed by atoms with van der Waals surface area (Å²) in [7, 11) is -4.02. The number of nitrogens with two attached hydrogens (primary N) is 1. The predicted molar refractivity (Wildman–Crippen MR) is 75.1 cm³/mol. The van der Waals surface area contributed by atoms with E-state index < -0.39 is 21.7 Å². The summed E-state index contributed by atoms with van der Waals surface area (Å²) in [6.07, 6.45) is 3.24. The van der Waals surface area contributed by atoms with E-state index in [1.807, 2.05) is 0 Å². The van der Waals surface area contributed by atoms with Gasteiger partial charge in [-0.25, -0.2) is 17.9 Å². The van der Waals surface area contributed by atoms with E-state index in [0.29, 0.717) is 12.5 Å². The summed E-state index contributed by atoms with van der Waals surface area (Å²) < 4.78 is 36.5. The molecule has 1 fully saturated rings. The molecule has 1 saturated carbocycles. The number of rotatable bonds is 4. The van der Waals surface area contributed by atoms with E-state index in [1.54, 1.807) is 0 Å². The molecular weight excluding hydrogens is 351 g/mol. The molecule has 0 atom stereocenters. The van der Waals surface area contributed by atoms with Gasteiger partial charge in [0.25, 0.3) is 5.91 Å². The number of amides is 1. The minimum Gasteiger partial charge on any atom is -0.352 e.